The molecule has 0 bridgehead atoms. The molecule has 2 aliphatic carbocycles. The van der Waals surface area contributed by atoms with E-state index in [9.17, 15) is 4.79 Å². The Kier molecular flexibility index (Phi) is 4.51. The Hall–Kier alpha value is -1.06. The molecule has 0 heterocycles. The summed E-state index contributed by atoms with van der Waals surface area (Å²) in [6.07, 6.45) is 6.23. The lowest BCUT2D eigenvalue weighted by atomic mass is 9.85. The summed E-state index contributed by atoms with van der Waals surface area (Å²) in [6.45, 7) is 0.676. The highest BCUT2D eigenvalue weighted by Crippen LogP contribution is 2.33. The summed E-state index contributed by atoms with van der Waals surface area (Å²) < 4.78 is 0. The van der Waals surface area contributed by atoms with Gasteiger partial charge in [-0.2, -0.15) is 0 Å². The number of hydrogen-bond donors (Lipinski definition) is 1. The van der Waals surface area contributed by atoms with E-state index < -0.39 is 0 Å². The van der Waals surface area contributed by atoms with Crippen LogP contribution < -0.4 is 5.73 Å². The first kappa shape index (κ1) is 14.9. The molecule has 0 radical (unpaired) electrons. The topological polar surface area (TPSA) is 46.3 Å². The first-order valence-electron chi connectivity index (χ1n) is 7.94. The van der Waals surface area contributed by atoms with Crippen LogP contribution in [-0.4, -0.2) is 22.9 Å². The van der Waals surface area contributed by atoms with Crippen LogP contribution >= 0.6 is 11.6 Å². The van der Waals surface area contributed by atoms with Gasteiger partial charge in [-0.1, -0.05) is 30.2 Å². The van der Waals surface area contributed by atoms with Gasteiger partial charge in [0, 0.05) is 29.6 Å². The number of carbonyl (C=O) groups is 1. The zero-order valence-electron chi connectivity index (χ0n) is 12.3. The lowest BCUT2D eigenvalue weighted by Gasteiger charge is -2.31. The van der Waals surface area contributed by atoms with Crippen molar-refractivity contribution in [1.29, 1.82) is 0 Å². The second-order valence-corrected chi connectivity index (χ2v) is 6.89. The maximum absolute atomic E-state index is 12.9. The highest BCUT2D eigenvalue weighted by atomic mass is 35.5. The summed E-state index contributed by atoms with van der Waals surface area (Å²) in [5, 5.41) is 0.732. The average Bonchev–Trinajstić information content (AvgIpc) is 3.29. The van der Waals surface area contributed by atoms with Gasteiger partial charge in [-0.05, 0) is 49.8 Å². The Morgan fingerprint density at radius 1 is 1.29 bits per heavy atom. The Morgan fingerprint density at radius 2 is 2.10 bits per heavy atom. The van der Waals surface area contributed by atoms with Crippen LogP contribution in [0.2, 0.25) is 5.02 Å². The van der Waals surface area contributed by atoms with E-state index in [1.807, 2.05) is 24.3 Å². The van der Waals surface area contributed by atoms with Gasteiger partial charge >= 0.3 is 0 Å². The van der Waals surface area contributed by atoms with Crippen LogP contribution in [0, 0.1) is 5.92 Å². The normalized spacial score (nSPS) is 25.6. The molecule has 0 unspecified atom stereocenters. The molecule has 21 heavy (non-hydrogen) atoms. The molecule has 3 nitrogen and oxygen atoms in total. The smallest absolute Gasteiger partial charge is 0.226 e. The molecule has 114 valence electrons. The Bertz CT molecular complexity index is 515. The highest BCUT2D eigenvalue weighted by molar-refractivity contribution is 6.30. The maximum atomic E-state index is 12.9. The summed E-state index contributed by atoms with van der Waals surface area (Å²) in [7, 11) is 0. The molecule has 0 aliphatic heterocycles. The molecule has 1 aromatic rings. The maximum Gasteiger partial charge on any atom is 0.226 e. The van der Waals surface area contributed by atoms with E-state index in [0.29, 0.717) is 18.5 Å². The monoisotopic (exact) mass is 306 g/mol. The van der Waals surface area contributed by atoms with Crippen LogP contribution in [0.3, 0.4) is 0 Å². The fourth-order valence-electron chi connectivity index (χ4n) is 3.29. The molecule has 1 amide bonds. The van der Waals surface area contributed by atoms with Crippen molar-refractivity contribution in [2.45, 2.75) is 57.2 Å². The number of halogens is 1. The number of benzene rings is 1. The first-order chi connectivity index (χ1) is 10.1. The summed E-state index contributed by atoms with van der Waals surface area (Å²) in [4.78, 5) is 14.9. The van der Waals surface area contributed by atoms with Crippen LogP contribution in [0.25, 0.3) is 0 Å². The molecule has 2 fully saturated rings. The predicted octanol–water partition coefficient (Wildman–Crippen LogP) is 3.35. The SMILES string of the molecule is N[C@H]1CCC[C@@H](C(=O)N(Cc2cccc(Cl)c2)C2CC2)C1. The van der Waals surface area contributed by atoms with Gasteiger partial charge in [-0.15, -0.1) is 0 Å². The lowest BCUT2D eigenvalue weighted by molar-refractivity contribution is -0.138. The summed E-state index contributed by atoms with van der Waals surface area (Å²) in [6, 6.07) is 8.44. The molecular weight excluding hydrogens is 284 g/mol. The molecule has 2 aliphatic rings. The van der Waals surface area contributed by atoms with Crippen molar-refractivity contribution in [3.63, 3.8) is 0 Å². The highest BCUT2D eigenvalue weighted by Gasteiger charge is 2.37. The Balaban J connectivity index is 1.70. The standard InChI is InChI=1S/C17H23ClN2O/c18-14-5-1-3-12(9-14)11-20(16-7-8-16)17(21)13-4-2-6-15(19)10-13/h1,3,5,9,13,15-16H,2,4,6-8,10-11,19H2/t13-,15+/m1/s1. The van der Waals surface area contributed by atoms with E-state index in [4.69, 9.17) is 17.3 Å². The number of amides is 1. The van der Waals surface area contributed by atoms with Gasteiger partial charge in [0.15, 0.2) is 0 Å². The van der Waals surface area contributed by atoms with Gasteiger partial charge in [0.25, 0.3) is 0 Å². The van der Waals surface area contributed by atoms with Gasteiger partial charge in [-0.3, -0.25) is 4.79 Å². The molecular formula is C17H23ClN2O. The van der Waals surface area contributed by atoms with Crippen molar-refractivity contribution in [3.8, 4) is 0 Å². The van der Waals surface area contributed by atoms with Gasteiger partial charge in [-0.25, -0.2) is 0 Å². The zero-order chi connectivity index (χ0) is 14.8. The second-order valence-electron chi connectivity index (χ2n) is 6.45. The number of rotatable bonds is 4. The largest absolute Gasteiger partial charge is 0.335 e. The third-order valence-corrected chi connectivity index (χ3v) is 4.81. The van der Waals surface area contributed by atoms with E-state index in [1.54, 1.807) is 0 Å². The summed E-state index contributed by atoms with van der Waals surface area (Å²) in [5.41, 5.74) is 7.15. The minimum absolute atomic E-state index is 0.119. The van der Waals surface area contributed by atoms with Crippen molar-refractivity contribution >= 4 is 17.5 Å². The van der Waals surface area contributed by atoms with E-state index in [-0.39, 0.29) is 12.0 Å². The van der Waals surface area contributed by atoms with Crippen LogP contribution in [0.1, 0.15) is 44.1 Å². The second kappa shape index (κ2) is 6.37. The molecule has 3 rings (SSSR count). The fourth-order valence-corrected chi connectivity index (χ4v) is 3.50. The summed E-state index contributed by atoms with van der Waals surface area (Å²) in [5.74, 6) is 0.418. The van der Waals surface area contributed by atoms with Crippen LogP contribution in [0.15, 0.2) is 24.3 Å². The number of hydrogen-bond acceptors (Lipinski definition) is 2. The van der Waals surface area contributed by atoms with Crippen LogP contribution in [0.4, 0.5) is 0 Å². The molecule has 0 aromatic heterocycles. The number of nitrogens with two attached hydrogens (primary N) is 1. The fraction of sp³-hybridized carbons (Fsp3) is 0.588. The zero-order valence-corrected chi connectivity index (χ0v) is 13.1. The van der Waals surface area contributed by atoms with Crippen molar-refractivity contribution in [2.75, 3.05) is 0 Å². The van der Waals surface area contributed by atoms with E-state index in [0.717, 1.165) is 49.1 Å². The molecule has 1 aromatic carbocycles. The Labute approximate surface area is 131 Å². The average molecular weight is 307 g/mol. The minimum Gasteiger partial charge on any atom is -0.335 e. The van der Waals surface area contributed by atoms with Crippen molar-refractivity contribution in [1.82, 2.24) is 4.90 Å². The van der Waals surface area contributed by atoms with Crippen molar-refractivity contribution < 1.29 is 4.79 Å². The number of carbonyl (C=O) groups excluding carboxylic acids is 1. The Morgan fingerprint density at radius 3 is 2.76 bits per heavy atom. The van der Waals surface area contributed by atoms with Gasteiger partial charge < -0.3 is 10.6 Å². The van der Waals surface area contributed by atoms with Crippen molar-refractivity contribution in [2.24, 2.45) is 11.7 Å². The van der Waals surface area contributed by atoms with Crippen molar-refractivity contribution in [3.05, 3.63) is 34.9 Å². The molecule has 2 N–H and O–H groups in total. The van der Waals surface area contributed by atoms with Crippen LogP contribution in [-0.2, 0) is 11.3 Å². The van der Waals surface area contributed by atoms with E-state index in [1.165, 1.54) is 0 Å². The number of nitrogens with zero attached hydrogens (tertiary/aromatic N) is 1. The first-order valence-corrected chi connectivity index (χ1v) is 8.32. The van der Waals surface area contributed by atoms with Gasteiger partial charge in [0.05, 0.1) is 0 Å². The molecule has 4 heteroatoms. The molecule has 2 saturated carbocycles. The van der Waals surface area contributed by atoms with E-state index >= 15 is 0 Å². The summed E-state index contributed by atoms with van der Waals surface area (Å²) >= 11 is 6.05. The quantitative estimate of drug-likeness (QED) is 0.927. The van der Waals surface area contributed by atoms with E-state index in [2.05, 4.69) is 4.90 Å². The third-order valence-electron chi connectivity index (χ3n) is 4.58. The molecule has 0 saturated heterocycles. The minimum atomic E-state index is 0.119. The van der Waals surface area contributed by atoms with Crippen LogP contribution in [0.5, 0.6) is 0 Å². The molecule has 0 spiro atoms. The third kappa shape index (κ3) is 3.78. The molecule has 2 atom stereocenters. The lowest BCUT2D eigenvalue weighted by Crippen LogP contribution is -2.41. The van der Waals surface area contributed by atoms with Gasteiger partial charge in [0.2, 0.25) is 5.91 Å². The predicted molar refractivity (Wildman–Crippen MR) is 85.0 cm³/mol. The van der Waals surface area contributed by atoms with Gasteiger partial charge in [0.1, 0.15) is 0 Å².